The van der Waals surface area contributed by atoms with Gasteiger partial charge in [0, 0.05) is 13.5 Å². The number of ether oxygens (including phenoxy) is 2. The Bertz CT molecular complexity index is 583. The van der Waals surface area contributed by atoms with E-state index in [1.165, 1.54) is 96.8 Å². The number of unbranched alkanes of at least 4 members (excludes halogenated alkanes) is 15. The summed E-state index contributed by atoms with van der Waals surface area (Å²) in [5, 5.41) is 0. The maximum Gasteiger partial charge on any atom is 0.303 e. The van der Waals surface area contributed by atoms with Crippen molar-refractivity contribution in [2.24, 2.45) is 0 Å². The van der Waals surface area contributed by atoms with E-state index in [4.69, 9.17) is 18.5 Å². The zero-order chi connectivity index (χ0) is 27.8. The van der Waals surface area contributed by atoms with E-state index in [2.05, 4.69) is 6.92 Å². The van der Waals surface area contributed by atoms with Crippen LogP contribution >= 0.6 is 7.82 Å². The topological polar surface area (TPSA) is 94.1 Å². The molecular weight excluding hydrogens is 493 g/mol. The van der Waals surface area contributed by atoms with Crippen LogP contribution in [0.1, 0.15) is 117 Å². The summed E-state index contributed by atoms with van der Waals surface area (Å²) in [5.74, 6) is -0.508. The molecule has 9 heteroatoms. The van der Waals surface area contributed by atoms with E-state index >= 15 is 0 Å². The van der Waals surface area contributed by atoms with Gasteiger partial charge in [-0.3, -0.25) is 9.36 Å². The Balaban J connectivity index is 3.71. The molecule has 1 unspecified atom stereocenters. The average Bonchev–Trinajstić information content (AvgIpc) is 2.80. The molecule has 0 aromatic rings. The van der Waals surface area contributed by atoms with E-state index in [0.717, 1.165) is 12.8 Å². The highest BCUT2D eigenvalue weighted by atomic mass is 31.2. The van der Waals surface area contributed by atoms with Crippen molar-refractivity contribution in [3.8, 4) is 0 Å². The highest BCUT2D eigenvalue weighted by molar-refractivity contribution is 7.45. The molecule has 0 N–H and O–H groups in total. The van der Waals surface area contributed by atoms with E-state index in [0.29, 0.717) is 17.6 Å². The molecule has 0 fully saturated rings. The fourth-order valence-corrected chi connectivity index (χ4v) is 4.68. The van der Waals surface area contributed by atoms with Gasteiger partial charge in [0.1, 0.15) is 19.3 Å². The van der Waals surface area contributed by atoms with Crippen LogP contribution in [0, 0.1) is 0 Å². The molecule has 0 aliphatic carbocycles. The molecule has 8 nitrogen and oxygen atoms in total. The molecule has 0 spiro atoms. The Hall–Kier alpha value is -0.500. The number of quaternary nitrogens is 1. The fourth-order valence-electron chi connectivity index (χ4n) is 3.96. The number of carbonyl (C=O) groups excluding carboxylic acids is 1. The summed E-state index contributed by atoms with van der Waals surface area (Å²) in [4.78, 5) is 23.3. The van der Waals surface area contributed by atoms with Crippen molar-refractivity contribution in [1.82, 2.24) is 0 Å². The van der Waals surface area contributed by atoms with Crippen molar-refractivity contribution in [2.75, 3.05) is 54.1 Å². The van der Waals surface area contributed by atoms with Gasteiger partial charge < -0.3 is 27.9 Å². The van der Waals surface area contributed by atoms with Crippen LogP contribution in [0.25, 0.3) is 0 Å². The van der Waals surface area contributed by atoms with E-state index in [-0.39, 0.29) is 19.8 Å². The number of likely N-dealkylation sites (N-methyl/N-ethyl adjacent to an activating group) is 1. The summed E-state index contributed by atoms with van der Waals surface area (Å²) in [6.07, 6.45) is 20.2. The number of hydrogen-bond donors (Lipinski definition) is 0. The largest absolute Gasteiger partial charge is 0.756 e. The first-order chi connectivity index (χ1) is 17.6. The van der Waals surface area contributed by atoms with Crippen LogP contribution in [0.4, 0.5) is 0 Å². The van der Waals surface area contributed by atoms with Crippen LogP contribution < -0.4 is 4.89 Å². The lowest BCUT2D eigenvalue weighted by Gasteiger charge is -2.28. The van der Waals surface area contributed by atoms with Crippen molar-refractivity contribution >= 4 is 13.8 Å². The smallest absolute Gasteiger partial charge is 0.303 e. The summed E-state index contributed by atoms with van der Waals surface area (Å²) >= 11 is 0. The predicted octanol–water partition coefficient (Wildman–Crippen LogP) is 6.40. The molecule has 0 bridgehead atoms. The lowest BCUT2D eigenvalue weighted by molar-refractivity contribution is -0.870. The van der Waals surface area contributed by atoms with E-state index in [1.807, 2.05) is 21.1 Å². The van der Waals surface area contributed by atoms with Gasteiger partial charge in [0.25, 0.3) is 7.82 Å². The first-order valence-electron chi connectivity index (χ1n) is 14.7. The Kier molecular flexibility index (Phi) is 23.1. The molecule has 0 amide bonds. The van der Waals surface area contributed by atoms with Gasteiger partial charge in [-0.2, -0.15) is 0 Å². The molecule has 0 aromatic carbocycles. The Morgan fingerprint density at radius 2 is 1.19 bits per heavy atom. The quantitative estimate of drug-likeness (QED) is 0.0504. The zero-order valence-electron chi connectivity index (χ0n) is 24.7. The minimum Gasteiger partial charge on any atom is -0.756 e. The monoisotopic (exact) mass is 551 g/mol. The number of nitrogens with zero attached hydrogens (tertiary/aromatic N) is 1. The molecule has 0 rings (SSSR count). The number of carbonyl (C=O) groups is 1. The number of hydrogen-bond acceptors (Lipinski definition) is 7. The lowest BCUT2D eigenvalue weighted by Crippen LogP contribution is -2.37. The van der Waals surface area contributed by atoms with E-state index in [1.54, 1.807) is 0 Å². The van der Waals surface area contributed by atoms with Crippen LogP contribution in [0.3, 0.4) is 0 Å². The van der Waals surface area contributed by atoms with Crippen LogP contribution in [-0.2, 0) is 27.9 Å². The summed E-state index contributed by atoms with van der Waals surface area (Å²) in [6, 6.07) is 0. The number of phosphoric ester groups is 1. The van der Waals surface area contributed by atoms with Gasteiger partial charge in [-0.25, -0.2) is 0 Å². The molecule has 0 aliphatic rings. The van der Waals surface area contributed by atoms with Gasteiger partial charge in [-0.15, -0.1) is 0 Å². The Morgan fingerprint density at radius 3 is 1.62 bits per heavy atom. The van der Waals surface area contributed by atoms with Crippen molar-refractivity contribution in [1.29, 1.82) is 0 Å². The van der Waals surface area contributed by atoms with Gasteiger partial charge in [-0.05, 0) is 6.42 Å². The van der Waals surface area contributed by atoms with Crippen LogP contribution in [0.5, 0.6) is 0 Å². The number of rotatable bonds is 27. The SMILES string of the molecule is CCCCCCCCCCCCCCCCCCOC[C@@H](COP(=O)([O-])OCC[N+](C)(C)C)OC(C)=O. The Morgan fingerprint density at radius 1 is 0.730 bits per heavy atom. The Labute approximate surface area is 228 Å². The van der Waals surface area contributed by atoms with E-state index < -0.39 is 19.9 Å². The minimum atomic E-state index is -4.46. The summed E-state index contributed by atoms with van der Waals surface area (Å²) in [6.45, 7) is 4.41. The minimum absolute atomic E-state index is 0.0261. The molecule has 0 saturated carbocycles. The van der Waals surface area contributed by atoms with Crippen molar-refractivity contribution < 1.29 is 37.3 Å². The molecular formula is C28H58NO7P. The van der Waals surface area contributed by atoms with Gasteiger partial charge in [-0.1, -0.05) is 103 Å². The van der Waals surface area contributed by atoms with Crippen LogP contribution in [0.15, 0.2) is 0 Å². The molecule has 0 heterocycles. The second kappa shape index (κ2) is 23.4. The maximum absolute atomic E-state index is 11.9. The van der Waals surface area contributed by atoms with Gasteiger partial charge in [0.15, 0.2) is 0 Å². The van der Waals surface area contributed by atoms with Crippen molar-refractivity contribution in [3.05, 3.63) is 0 Å². The van der Waals surface area contributed by atoms with Crippen molar-refractivity contribution in [2.45, 2.75) is 123 Å². The van der Waals surface area contributed by atoms with Crippen LogP contribution in [0.2, 0.25) is 0 Å². The number of esters is 1. The third-order valence-corrected chi connectivity index (χ3v) is 7.17. The van der Waals surface area contributed by atoms with Crippen molar-refractivity contribution in [3.63, 3.8) is 0 Å². The van der Waals surface area contributed by atoms with E-state index in [9.17, 15) is 14.3 Å². The number of phosphoric acid groups is 1. The standard InChI is InChI=1S/C28H58NO7P/c1-6-7-8-9-10-11-12-13-14-15-16-17-18-19-20-21-23-33-25-28(36-27(2)30)26-35-37(31,32)34-24-22-29(3,4)5/h28H,6-26H2,1-5H3/t28-/m0/s1. The van der Waals surface area contributed by atoms with Crippen LogP contribution in [-0.4, -0.2) is 70.7 Å². The fraction of sp³-hybridized carbons (Fsp3) is 0.964. The molecule has 37 heavy (non-hydrogen) atoms. The second-order valence-electron chi connectivity index (χ2n) is 11.2. The molecule has 0 saturated heterocycles. The van der Waals surface area contributed by atoms with Gasteiger partial charge in [0.2, 0.25) is 0 Å². The molecule has 0 radical (unpaired) electrons. The summed E-state index contributed by atoms with van der Waals surface area (Å²) in [5.41, 5.74) is 0. The molecule has 0 aliphatic heterocycles. The van der Waals surface area contributed by atoms with Gasteiger partial charge >= 0.3 is 5.97 Å². The normalized spacial score (nSPS) is 14.4. The molecule has 0 aromatic heterocycles. The third-order valence-electron chi connectivity index (χ3n) is 6.21. The average molecular weight is 552 g/mol. The highest BCUT2D eigenvalue weighted by Gasteiger charge is 2.19. The predicted molar refractivity (Wildman–Crippen MR) is 148 cm³/mol. The molecule has 2 atom stereocenters. The maximum atomic E-state index is 11.9. The molecule has 222 valence electrons. The third kappa shape index (κ3) is 28.3. The highest BCUT2D eigenvalue weighted by Crippen LogP contribution is 2.38. The zero-order valence-corrected chi connectivity index (χ0v) is 25.6. The summed E-state index contributed by atoms with van der Waals surface area (Å²) < 4.78 is 33.1. The second-order valence-corrected chi connectivity index (χ2v) is 12.6. The first-order valence-corrected chi connectivity index (χ1v) is 16.2. The van der Waals surface area contributed by atoms with Gasteiger partial charge in [0.05, 0.1) is 34.4 Å². The summed E-state index contributed by atoms with van der Waals surface area (Å²) in [7, 11) is 1.35. The first kappa shape index (κ1) is 36.5. The lowest BCUT2D eigenvalue weighted by atomic mass is 10.0.